The lowest BCUT2D eigenvalue weighted by Gasteiger charge is -2.34. The maximum Gasteiger partial charge on any atom is 0.257 e. The highest BCUT2D eigenvalue weighted by molar-refractivity contribution is 6.03. The second-order valence-electron chi connectivity index (χ2n) is 6.18. The minimum absolute atomic E-state index is 0.0622. The van der Waals surface area contributed by atoms with E-state index in [2.05, 4.69) is 20.1 Å². The first-order valence-electron chi connectivity index (χ1n) is 8.29. The topological polar surface area (TPSA) is 85.3 Å². The number of amides is 1. The van der Waals surface area contributed by atoms with E-state index in [1.54, 1.807) is 11.0 Å². The minimum Gasteiger partial charge on any atom is -0.506 e. The Morgan fingerprint density at radius 2 is 1.92 bits per heavy atom. The molecular weight excluding hydrogens is 318 g/mol. The van der Waals surface area contributed by atoms with Gasteiger partial charge in [0.05, 0.1) is 12.1 Å². The molecule has 3 aromatic rings. The van der Waals surface area contributed by atoms with Crippen molar-refractivity contribution < 1.29 is 9.90 Å². The van der Waals surface area contributed by atoms with Gasteiger partial charge in [-0.25, -0.2) is 4.98 Å². The van der Waals surface area contributed by atoms with Crippen molar-refractivity contribution in [1.29, 1.82) is 0 Å². The van der Waals surface area contributed by atoms with E-state index < -0.39 is 0 Å². The van der Waals surface area contributed by atoms with Crippen molar-refractivity contribution in [3.8, 4) is 5.75 Å². The highest BCUT2D eigenvalue weighted by atomic mass is 16.3. The van der Waals surface area contributed by atoms with Crippen molar-refractivity contribution in [2.24, 2.45) is 0 Å². The largest absolute Gasteiger partial charge is 0.506 e. The molecule has 0 aliphatic carbocycles. The summed E-state index contributed by atoms with van der Waals surface area (Å²) in [7, 11) is 0. The average Bonchev–Trinajstić information content (AvgIpc) is 3.15. The number of rotatable bonds is 3. The summed E-state index contributed by atoms with van der Waals surface area (Å²) < 4.78 is 0. The Morgan fingerprint density at radius 3 is 2.68 bits per heavy atom. The van der Waals surface area contributed by atoms with Gasteiger partial charge in [0.2, 0.25) is 0 Å². The molecule has 1 amide bonds. The molecule has 2 heterocycles. The van der Waals surface area contributed by atoms with E-state index in [0.29, 0.717) is 30.6 Å². The maximum absolute atomic E-state index is 12.8. The van der Waals surface area contributed by atoms with Crippen LogP contribution < -0.4 is 0 Å². The smallest absolute Gasteiger partial charge is 0.257 e. The number of H-pyrrole nitrogens is 1. The number of hydrogen-bond acceptors (Lipinski definition) is 5. The first-order valence-corrected chi connectivity index (χ1v) is 8.29. The summed E-state index contributed by atoms with van der Waals surface area (Å²) in [6.07, 6.45) is 1.50. The molecule has 1 aromatic heterocycles. The number of nitrogens with zero attached hydrogens (tertiary/aromatic N) is 4. The van der Waals surface area contributed by atoms with Gasteiger partial charge in [-0.1, -0.05) is 30.3 Å². The average molecular weight is 337 g/mol. The van der Waals surface area contributed by atoms with Crippen LogP contribution in [0.1, 0.15) is 16.2 Å². The monoisotopic (exact) mass is 337 g/mol. The molecule has 1 aliphatic rings. The fourth-order valence-electron chi connectivity index (χ4n) is 3.23. The van der Waals surface area contributed by atoms with Crippen molar-refractivity contribution in [2.75, 3.05) is 26.2 Å². The lowest BCUT2D eigenvalue weighted by molar-refractivity contribution is 0.0623. The van der Waals surface area contributed by atoms with E-state index in [1.165, 1.54) is 6.33 Å². The molecule has 7 heteroatoms. The van der Waals surface area contributed by atoms with Gasteiger partial charge in [0.15, 0.2) is 0 Å². The van der Waals surface area contributed by atoms with Crippen LogP contribution in [0.25, 0.3) is 10.8 Å². The fraction of sp³-hybridized carbons (Fsp3) is 0.278. The van der Waals surface area contributed by atoms with Crippen LogP contribution >= 0.6 is 0 Å². The summed E-state index contributed by atoms with van der Waals surface area (Å²) >= 11 is 0. The number of phenols is 1. The van der Waals surface area contributed by atoms with Crippen molar-refractivity contribution >= 4 is 16.7 Å². The number of phenolic OH excluding ortho intramolecular Hbond substituents is 1. The standard InChI is InChI=1S/C18H19N5O2/c24-17-14-4-2-1-3-13(14)5-6-15(17)18(25)23-9-7-22(8-10-23)11-16-19-12-20-21-16/h1-6,12,24H,7-11H2,(H,19,20,21). The second kappa shape index (κ2) is 6.52. The molecule has 25 heavy (non-hydrogen) atoms. The van der Waals surface area contributed by atoms with Gasteiger partial charge < -0.3 is 10.0 Å². The van der Waals surface area contributed by atoms with Gasteiger partial charge in [0.1, 0.15) is 17.9 Å². The molecule has 7 nitrogen and oxygen atoms in total. The number of piperazine rings is 1. The molecule has 2 N–H and O–H groups in total. The fourth-order valence-corrected chi connectivity index (χ4v) is 3.23. The van der Waals surface area contributed by atoms with Gasteiger partial charge in [-0.3, -0.25) is 14.8 Å². The first kappa shape index (κ1) is 15.6. The maximum atomic E-state index is 12.8. The van der Waals surface area contributed by atoms with Gasteiger partial charge in [0.25, 0.3) is 5.91 Å². The Hall–Kier alpha value is -2.93. The summed E-state index contributed by atoms with van der Waals surface area (Å²) in [6, 6.07) is 11.1. The van der Waals surface area contributed by atoms with Crippen LogP contribution in [-0.4, -0.2) is 62.2 Å². The molecule has 1 saturated heterocycles. The molecule has 1 fully saturated rings. The summed E-state index contributed by atoms with van der Waals surface area (Å²) in [5, 5.41) is 18.8. The molecule has 2 aromatic carbocycles. The highest BCUT2D eigenvalue weighted by Crippen LogP contribution is 2.29. The number of carbonyl (C=O) groups is 1. The van der Waals surface area contributed by atoms with Crippen LogP contribution in [0.2, 0.25) is 0 Å². The molecule has 0 bridgehead atoms. The molecule has 0 spiro atoms. The van der Waals surface area contributed by atoms with E-state index in [-0.39, 0.29) is 11.7 Å². The molecule has 128 valence electrons. The third-order valence-corrected chi connectivity index (χ3v) is 4.63. The zero-order valence-electron chi connectivity index (χ0n) is 13.7. The Balaban J connectivity index is 1.46. The minimum atomic E-state index is -0.123. The third-order valence-electron chi connectivity index (χ3n) is 4.63. The number of benzene rings is 2. The van der Waals surface area contributed by atoms with Gasteiger partial charge in [-0.05, 0) is 11.5 Å². The van der Waals surface area contributed by atoms with Gasteiger partial charge in [-0.15, -0.1) is 0 Å². The van der Waals surface area contributed by atoms with Gasteiger partial charge >= 0.3 is 0 Å². The molecule has 0 saturated carbocycles. The van der Waals surface area contributed by atoms with Crippen molar-refractivity contribution in [3.05, 3.63) is 54.1 Å². The highest BCUT2D eigenvalue weighted by Gasteiger charge is 2.24. The third kappa shape index (κ3) is 3.06. The van der Waals surface area contributed by atoms with Crippen LogP contribution in [0, 0.1) is 0 Å². The van der Waals surface area contributed by atoms with Crippen LogP contribution in [0.3, 0.4) is 0 Å². The summed E-state index contributed by atoms with van der Waals surface area (Å²) in [4.78, 5) is 21.0. The van der Waals surface area contributed by atoms with Crippen LogP contribution in [0.5, 0.6) is 5.75 Å². The van der Waals surface area contributed by atoms with Crippen LogP contribution in [0.4, 0.5) is 0 Å². The summed E-state index contributed by atoms with van der Waals surface area (Å²) in [6.45, 7) is 3.48. The Bertz CT molecular complexity index is 886. The second-order valence-corrected chi connectivity index (χ2v) is 6.18. The summed E-state index contributed by atoms with van der Waals surface area (Å²) in [5.41, 5.74) is 0.363. The molecule has 4 rings (SSSR count). The number of aromatic hydroxyl groups is 1. The van der Waals surface area contributed by atoms with Gasteiger partial charge in [0, 0.05) is 31.6 Å². The predicted molar refractivity (Wildman–Crippen MR) is 93.2 cm³/mol. The molecule has 0 unspecified atom stereocenters. The molecule has 0 atom stereocenters. The van der Waals surface area contributed by atoms with Crippen molar-refractivity contribution in [1.82, 2.24) is 25.0 Å². The molecule has 1 aliphatic heterocycles. The molecule has 0 radical (unpaired) electrons. The van der Waals surface area contributed by atoms with Gasteiger partial charge in [-0.2, -0.15) is 5.10 Å². The SMILES string of the molecule is O=C(c1ccc2ccccc2c1O)N1CCN(Cc2ncn[nH]2)CC1. The van der Waals surface area contributed by atoms with Crippen LogP contribution in [0.15, 0.2) is 42.7 Å². The van der Waals surface area contributed by atoms with Crippen LogP contribution in [-0.2, 0) is 6.54 Å². The van der Waals surface area contributed by atoms with E-state index in [9.17, 15) is 9.90 Å². The number of aromatic nitrogens is 3. The number of hydrogen-bond donors (Lipinski definition) is 2. The number of nitrogens with one attached hydrogen (secondary N) is 1. The zero-order valence-corrected chi connectivity index (χ0v) is 13.7. The lowest BCUT2D eigenvalue weighted by Crippen LogP contribution is -2.48. The Labute approximate surface area is 144 Å². The van der Waals surface area contributed by atoms with Crippen molar-refractivity contribution in [3.63, 3.8) is 0 Å². The van der Waals surface area contributed by atoms with E-state index in [0.717, 1.165) is 24.3 Å². The predicted octanol–water partition coefficient (Wildman–Crippen LogP) is 1.62. The number of carbonyl (C=O) groups excluding carboxylic acids is 1. The van der Waals surface area contributed by atoms with E-state index in [4.69, 9.17) is 0 Å². The van der Waals surface area contributed by atoms with E-state index >= 15 is 0 Å². The normalized spacial score (nSPS) is 15.6. The lowest BCUT2D eigenvalue weighted by atomic mass is 10.0. The number of aromatic amines is 1. The quantitative estimate of drug-likeness (QED) is 0.759. The molecular formula is C18H19N5O2. The first-order chi connectivity index (χ1) is 12.2. The summed E-state index contributed by atoms with van der Waals surface area (Å²) in [5.74, 6) is 0.765. The Kier molecular flexibility index (Phi) is 4.07. The van der Waals surface area contributed by atoms with E-state index in [1.807, 2.05) is 30.3 Å². The van der Waals surface area contributed by atoms with Crippen molar-refractivity contribution in [2.45, 2.75) is 6.54 Å². The Morgan fingerprint density at radius 1 is 1.12 bits per heavy atom. The zero-order chi connectivity index (χ0) is 17.2. The number of fused-ring (bicyclic) bond motifs is 1.